The van der Waals surface area contributed by atoms with E-state index >= 15 is 0 Å². The van der Waals surface area contributed by atoms with Crippen molar-refractivity contribution in [2.24, 2.45) is 0 Å². The minimum atomic E-state index is -0.215. The normalized spacial score (nSPS) is 29.1. The van der Waals surface area contributed by atoms with Crippen molar-refractivity contribution >= 4 is 0 Å². The minimum absolute atomic E-state index is 0.145. The van der Waals surface area contributed by atoms with Crippen LogP contribution in [0, 0.1) is 0 Å². The molecule has 2 heteroatoms. The van der Waals surface area contributed by atoms with Gasteiger partial charge in [0.2, 0.25) is 0 Å². The molecule has 0 aliphatic carbocycles. The molecule has 1 aliphatic rings. The lowest BCUT2D eigenvalue weighted by Crippen LogP contribution is -2.20. The summed E-state index contributed by atoms with van der Waals surface area (Å²) in [6.45, 7) is 0.917. The fourth-order valence-corrected chi connectivity index (χ4v) is 1.69. The van der Waals surface area contributed by atoms with Crippen molar-refractivity contribution in [3.8, 4) is 0 Å². The fraction of sp³-hybridized carbons (Fsp3) is 0.400. The van der Waals surface area contributed by atoms with Gasteiger partial charge in [-0.25, -0.2) is 0 Å². The molecule has 0 spiro atoms. The van der Waals surface area contributed by atoms with Crippen LogP contribution in [0.5, 0.6) is 0 Å². The summed E-state index contributed by atoms with van der Waals surface area (Å²) in [6.07, 6.45) is 0.645. The third-order valence-electron chi connectivity index (χ3n) is 2.35. The van der Waals surface area contributed by atoms with E-state index in [9.17, 15) is 5.11 Å². The molecule has 1 heterocycles. The van der Waals surface area contributed by atoms with E-state index in [1.165, 1.54) is 5.56 Å². The van der Waals surface area contributed by atoms with E-state index < -0.39 is 0 Å². The smallest absolute Gasteiger partial charge is 0.0747 e. The van der Waals surface area contributed by atoms with Gasteiger partial charge in [0, 0.05) is 0 Å². The Balaban J connectivity index is 2.19. The second-order valence-electron chi connectivity index (χ2n) is 3.20. The molecule has 1 aromatic rings. The molecule has 1 aliphatic heterocycles. The molecule has 2 nitrogen and oxygen atoms in total. The molecule has 0 amide bonds. The number of nitrogens with one attached hydrogen (secondary N) is 1. The Hall–Kier alpha value is -0.860. The highest BCUT2D eigenvalue weighted by Gasteiger charge is 2.25. The van der Waals surface area contributed by atoms with Crippen molar-refractivity contribution in [1.29, 1.82) is 0 Å². The van der Waals surface area contributed by atoms with E-state index in [1.54, 1.807) is 0 Å². The number of aliphatic hydroxyl groups excluding tert-OH is 1. The zero-order valence-corrected chi connectivity index (χ0v) is 6.90. The Bertz CT molecular complexity index is 247. The van der Waals surface area contributed by atoms with Gasteiger partial charge in [0.05, 0.1) is 12.1 Å². The summed E-state index contributed by atoms with van der Waals surface area (Å²) >= 11 is 0. The van der Waals surface area contributed by atoms with Gasteiger partial charge in [-0.05, 0) is 18.5 Å². The van der Waals surface area contributed by atoms with Crippen molar-refractivity contribution in [2.45, 2.75) is 18.6 Å². The maximum atomic E-state index is 9.58. The van der Waals surface area contributed by atoms with Crippen LogP contribution in [0.3, 0.4) is 0 Å². The molecule has 12 heavy (non-hydrogen) atoms. The van der Waals surface area contributed by atoms with Gasteiger partial charge in [-0.15, -0.1) is 0 Å². The minimum Gasteiger partial charge on any atom is -0.391 e. The van der Waals surface area contributed by atoms with Crippen LogP contribution in [-0.4, -0.2) is 17.8 Å². The Morgan fingerprint density at radius 2 is 2.00 bits per heavy atom. The first-order valence-electron chi connectivity index (χ1n) is 4.34. The van der Waals surface area contributed by atoms with Gasteiger partial charge in [-0.1, -0.05) is 30.3 Å². The standard InChI is InChI=1S/C10H13NO/c12-9-6-7-11-10(9)8-4-2-1-3-5-8/h1-5,9-12H,6-7H2/t9-,10+/m0/s1. The maximum Gasteiger partial charge on any atom is 0.0747 e. The van der Waals surface area contributed by atoms with Crippen molar-refractivity contribution in [3.63, 3.8) is 0 Å². The van der Waals surface area contributed by atoms with E-state index in [2.05, 4.69) is 5.32 Å². The highest BCUT2D eigenvalue weighted by molar-refractivity contribution is 5.21. The van der Waals surface area contributed by atoms with Gasteiger partial charge in [0.1, 0.15) is 0 Å². The Morgan fingerprint density at radius 3 is 2.58 bits per heavy atom. The topological polar surface area (TPSA) is 32.3 Å². The molecule has 0 aromatic heterocycles. The predicted molar refractivity (Wildman–Crippen MR) is 47.8 cm³/mol. The third kappa shape index (κ3) is 1.36. The summed E-state index contributed by atoms with van der Waals surface area (Å²) in [5.74, 6) is 0. The van der Waals surface area contributed by atoms with Crippen LogP contribution in [0.2, 0.25) is 0 Å². The van der Waals surface area contributed by atoms with E-state index in [0.717, 1.165) is 13.0 Å². The van der Waals surface area contributed by atoms with Crippen molar-refractivity contribution in [1.82, 2.24) is 5.32 Å². The van der Waals surface area contributed by atoms with Gasteiger partial charge >= 0.3 is 0 Å². The van der Waals surface area contributed by atoms with Gasteiger partial charge < -0.3 is 10.4 Å². The zero-order valence-electron chi connectivity index (χ0n) is 6.90. The van der Waals surface area contributed by atoms with Gasteiger partial charge in [0.15, 0.2) is 0 Å². The van der Waals surface area contributed by atoms with E-state index in [0.29, 0.717) is 0 Å². The molecular formula is C10H13NO. The van der Waals surface area contributed by atoms with Crippen LogP contribution in [-0.2, 0) is 0 Å². The highest BCUT2D eigenvalue weighted by Crippen LogP contribution is 2.22. The van der Waals surface area contributed by atoms with E-state index in [-0.39, 0.29) is 12.1 Å². The van der Waals surface area contributed by atoms with Crippen LogP contribution in [0.25, 0.3) is 0 Å². The first-order valence-corrected chi connectivity index (χ1v) is 4.34. The van der Waals surface area contributed by atoms with Crippen LogP contribution < -0.4 is 5.32 Å². The summed E-state index contributed by atoms with van der Waals surface area (Å²) in [4.78, 5) is 0. The number of benzene rings is 1. The molecule has 2 rings (SSSR count). The lowest BCUT2D eigenvalue weighted by atomic mass is 10.0. The quantitative estimate of drug-likeness (QED) is 0.649. The molecule has 1 saturated heterocycles. The fourth-order valence-electron chi connectivity index (χ4n) is 1.69. The first kappa shape index (κ1) is 7.77. The molecule has 2 N–H and O–H groups in total. The summed E-state index contributed by atoms with van der Waals surface area (Å²) in [7, 11) is 0. The maximum absolute atomic E-state index is 9.58. The molecule has 0 bridgehead atoms. The lowest BCUT2D eigenvalue weighted by Gasteiger charge is -2.14. The Labute approximate surface area is 72.2 Å². The van der Waals surface area contributed by atoms with Crippen LogP contribution in [0.15, 0.2) is 30.3 Å². The van der Waals surface area contributed by atoms with Crippen molar-refractivity contribution in [2.75, 3.05) is 6.54 Å². The Kier molecular flexibility index (Phi) is 2.11. The average molecular weight is 163 g/mol. The molecule has 2 atom stereocenters. The summed E-state index contributed by atoms with van der Waals surface area (Å²) < 4.78 is 0. The predicted octanol–water partition coefficient (Wildman–Crippen LogP) is 1.08. The van der Waals surface area contributed by atoms with Crippen molar-refractivity contribution < 1.29 is 5.11 Å². The summed E-state index contributed by atoms with van der Waals surface area (Å²) in [5.41, 5.74) is 1.18. The highest BCUT2D eigenvalue weighted by atomic mass is 16.3. The largest absolute Gasteiger partial charge is 0.391 e. The molecule has 1 aromatic carbocycles. The Morgan fingerprint density at radius 1 is 1.25 bits per heavy atom. The van der Waals surface area contributed by atoms with Crippen LogP contribution >= 0.6 is 0 Å². The molecule has 0 radical (unpaired) electrons. The first-order chi connectivity index (χ1) is 5.88. The third-order valence-corrected chi connectivity index (χ3v) is 2.35. The van der Waals surface area contributed by atoms with Gasteiger partial charge in [0.25, 0.3) is 0 Å². The van der Waals surface area contributed by atoms with Crippen LogP contribution in [0.4, 0.5) is 0 Å². The molecular weight excluding hydrogens is 150 g/mol. The zero-order chi connectivity index (χ0) is 8.39. The van der Waals surface area contributed by atoms with Gasteiger partial charge in [-0.2, -0.15) is 0 Å². The summed E-state index contributed by atoms with van der Waals surface area (Å²) in [5, 5.41) is 12.9. The van der Waals surface area contributed by atoms with E-state index in [4.69, 9.17) is 0 Å². The molecule has 1 fully saturated rings. The second kappa shape index (κ2) is 3.25. The molecule has 0 saturated carbocycles. The molecule has 0 unspecified atom stereocenters. The molecule has 64 valence electrons. The SMILES string of the molecule is O[C@H]1CCN[C@@H]1c1ccccc1. The number of rotatable bonds is 1. The number of hydrogen-bond donors (Lipinski definition) is 2. The number of aliphatic hydroxyl groups is 1. The van der Waals surface area contributed by atoms with E-state index in [1.807, 2.05) is 30.3 Å². The monoisotopic (exact) mass is 163 g/mol. The second-order valence-corrected chi connectivity index (χ2v) is 3.20. The van der Waals surface area contributed by atoms with Gasteiger partial charge in [-0.3, -0.25) is 0 Å². The summed E-state index contributed by atoms with van der Waals surface area (Å²) in [6, 6.07) is 10.2. The van der Waals surface area contributed by atoms with Crippen LogP contribution in [0.1, 0.15) is 18.0 Å². The lowest BCUT2D eigenvalue weighted by molar-refractivity contribution is 0.160. The number of hydrogen-bond acceptors (Lipinski definition) is 2. The van der Waals surface area contributed by atoms with Crippen molar-refractivity contribution in [3.05, 3.63) is 35.9 Å². The average Bonchev–Trinajstić information content (AvgIpc) is 2.53.